The number of alkyl halides is 3. The van der Waals surface area contributed by atoms with Gasteiger partial charge in [-0.2, -0.15) is 0 Å². The first-order valence-corrected chi connectivity index (χ1v) is 13.8. The summed E-state index contributed by atoms with van der Waals surface area (Å²) < 4.78 is 55.9. The lowest BCUT2D eigenvalue weighted by molar-refractivity contribution is -0.274. The number of piperidine rings is 1. The topological polar surface area (TPSA) is 77.1 Å². The minimum absolute atomic E-state index is 0.151. The lowest BCUT2D eigenvalue weighted by Gasteiger charge is -2.42. The first kappa shape index (κ1) is 29.5. The van der Waals surface area contributed by atoms with Crippen LogP contribution in [0.5, 0.6) is 11.5 Å². The molecular weight excluding hydrogens is 552 g/mol. The van der Waals surface area contributed by atoms with Crippen LogP contribution in [0.1, 0.15) is 39.2 Å². The van der Waals surface area contributed by atoms with Crippen molar-refractivity contribution in [3.8, 4) is 11.5 Å². The summed E-state index contributed by atoms with van der Waals surface area (Å²) in [6.45, 7) is 9.75. The van der Waals surface area contributed by atoms with Gasteiger partial charge in [-0.1, -0.05) is 32.9 Å². The third-order valence-electron chi connectivity index (χ3n) is 7.66. The van der Waals surface area contributed by atoms with Crippen LogP contribution in [0.3, 0.4) is 0 Å². The number of nitrogens with one attached hydrogen (secondary N) is 2. The number of carbonyl (C=O) groups is 1. The molecule has 1 spiro atoms. The van der Waals surface area contributed by atoms with Crippen molar-refractivity contribution in [1.82, 2.24) is 4.90 Å². The minimum Gasteiger partial charge on any atom is -0.506 e. The summed E-state index contributed by atoms with van der Waals surface area (Å²) >= 11 is 0. The number of carbonyl (C=O) groups excluding carboxylic acids is 1. The number of ether oxygens (including phenoxy) is 1. The second-order valence-electron chi connectivity index (χ2n) is 12.2. The van der Waals surface area contributed by atoms with E-state index in [0.717, 1.165) is 56.2 Å². The third kappa shape index (κ3) is 6.56. The predicted octanol–water partition coefficient (Wildman–Crippen LogP) is 7.61. The summed E-state index contributed by atoms with van der Waals surface area (Å²) in [6, 6.07) is 13.9. The fourth-order valence-electron chi connectivity index (χ4n) is 6.02. The summed E-state index contributed by atoms with van der Waals surface area (Å²) in [6.07, 6.45) is -3.23. The highest BCUT2D eigenvalue weighted by molar-refractivity contribution is 6.02. The second kappa shape index (κ2) is 11.0. The molecule has 0 saturated carbocycles. The van der Waals surface area contributed by atoms with Crippen molar-refractivity contribution in [2.24, 2.45) is 5.41 Å². The van der Waals surface area contributed by atoms with E-state index in [2.05, 4.69) is 41.0 Å². The lowest BCUT2D eigenvalue weighted by atomic mass is 9.74. The first-order valence-electron chi connectivity index (χ1n) is 13.8. The van der Waals surface area contributed by atoms with E-state index in [1.807, 2.05) is 17.0 Å². The van der Waals surface area contributed by atoms with E-state index in [9.17, 15) is 27.5 Å². The Hall–Kier alpha value is -3.99. The van der Waals surface area contributed by atoms with Crippen molar-refractivity contribution in [2.45, 2.75) is 45.4 Å². The minimum atomic E-state index is -4.81. The van der Waals surface area contributed by atoms with Gasteiger partial charge in [-0.3, -0.25) is 0 Å². The Morgan fingerprint density at radius 3 is 2.31 bits per heavy atom. The Morgan fingerprint density at radius 2 is 1.67 bits per heavy atom. The molecular formula is C31H34F4N4O3. The molecule has 0 unspecified atom stereocenters. The van der Waals surface area contributed by atoms with E-state index in [0.29, 0.717) is 23.6 Å². The number of amides is 2. The highest BCUT2D eigenvalue weighted by Gasteiger charge is 2.47. The Balaban J connectivity index is 1.37. The van der Waals surface area contributed by atoms with Crippen LogP contribution in [0.15, 0.2) is 60.7 Å². The highest BCUT2D eigenvalue weighted by atomic mass is 19.4. The molecule has 0 bridgehead atoms. The zero-order valence-electron chi connectivity index (χ0n) is 23.7. The Labute approximate surface area is 242 Å². The number of nitrogens with zero attached hydrogens (tertiary/aromatic N) is 2. The molecule has 11 heteroatoms. The SMILES string of the molecule is CC(C)(C)CN1CCC2(CC1)CN(c1ccccc1NC(=O)Nc1ccc(OC(F)(F)F)cc1)c1c(O)cc(F)cc12. The smallest absolute Gasteiger partial charge is 0.506 e. The van der Waals surface area contributed by atoms with Gasteiger partial charge in [-0.15, -0.1) is 13.2 Å². The Morgan fingerprint density at radius 1 is 1.00 bits per heavy atom. The van der Waals surface area contributed by atoms with Crippen molar-refractivity contribution < 1.29 is 32.2 Å². The highest BCUT2D eigenvalue weighted by Crippen LogP contribution is 2.54. The van der Waals surface area contributed by atoms with Crippen molar-refractivity contribution >= 4 is 28.8 Å². The quantitative estimate of drug-likeness (QED) is 0.269. The number of rotatable bonds is 5. The number of likely N-dealkylation sites (tertiary alicyclic amines) is 1. The average molecular weight is 587 g/mol. The molecule has 2 aliphatic heterocycles. The Bertz CT molecular complexity index is 1450. The summed E-state index contributed by atoms with van der Waals surface area (Å²) in [4.78, 5) is 17.3. The number of phenols is 1. The number of aromatic hydroxyl groups is 1. The van der Waals surface area contributed by atoms with Gasteiger partial charge >= 0.3 is 12.4 Å². The molecule has 2 amide bonds. The molecule has 3 aromatic rings. The summed E-state index contributed by atoms with van der Waals surface area (Å²) in [7, 11) is 0. The van der Waals surface area contributed by atoms with Crippen molar-refractivity contribution in [3.63, 3.8) is 0 Å². The monoisotopic (exact) mass is 586 g/mol. The molecule has 1 fully saturated rings. The van der Waals surface area contributed by atoms with Crippen LogP contribution in [0, 0.1) is 11.2 Å². The van der Waals surface area contributed by atoms with E-state index in [-0.39, 0.29) is 22.3 Å². The molecule has 2 heterocycles. The molecule has 2 aliphatic rings. The van der Waals surface area contributed by atoms with Crippen LogP contribution in [0.2, 0.25) is 0 Å². The summed E-state index contributed by atoms with van der Waals surface area (Å²) in [5, 5.41) is 16.4. The third-order valence-corrected chi connectivity index (χ3v) is 7.66. The largest absolute Gasteiger partial charge is 0.573 e. The maximum atomic E-state index is 14.6. The van der Waals surface area contributed by atoms with E-state index >= 15 is 0 Å². The van der Waals surface area contributed by atoms with Gasteiger partial charge in [-0.25, -0.2) is 9.18 Å². The van der Waals surface area contributed by atoms with Crippen LogP contribution in [-0.2, 0) is 5.41 Å². The maximum absolute atomic E-state index is 14.6. The predicted molar refractivity (Wildman–Crippen MR) is 154 cm³/mol. The second-order valence-corrected chi connectivity index (χ2v) is 12.2. The number of halogens is 4. The van der Waals surface area contributed by atoms with Gasteiger partial charge in [-0.05, 0) is 79.4 Å². The zero-order chi connectivity index (χ0) is 30.3. The van der Waals surface area contributed by atoms with Crippen molar-refractivity contribution in [2.75, 3.05) is 41.7 Å². The molecule has 1 saturated heterocycles. The number of benzene rings is 3. The van der Waals surface area contributed by atoms with Crippen LogP contribution >= 0.6 is 0 Å². The number of anilines is 4. The number of hydrogen-bond acceptors (Lipinski definition) is 5. The van der Waals surface area contributed by atoms with E-state index < -0.39 is 24.0 Å². The van der Waals surface area contributed by atoms with Gasteiger partial charge in [0.15, 0.2) is 0 Å². The first-order chi connectivity index (χ1) is 19.7. The van der Waals surface area contributed by atoms with E-state index in [1.165, 1.54) is 18.2 Å². The van der Waals surface area contributed by atoms with Crippen molar-refractivity contribution in [3.05, 3.63) is 72.0 Å². The lowest BCUT2D eigenvalue weighted by Crippen LogP contribution is -2.46. The molecule has 7 nitrogen and oxygen atoms in total. The molecule has 5 rings (SSSR count). The number of phenolic OH excluding ortho intramolecular Hbond substituents is 1. The van der Waals surface area contributed by atoms with Gasteiger partial charge in [0.2, 0.25) is 0 Å². The normalized spacial score (nSPS) is 16.8. The maximum Gasteiger partial charge on any atom is 0.573 e. The van der Waals surface area contributed by atoms with Gasteiger partial charge in [0.1, 0.15) is 17.3 Å². The van der Waals surface area contributed by atoms with Crippen molar-refractivity contribution in [1.29, 1.82) is 0 Å². The fraction of sp³-hybridized carbons (Fsp3) is 0.387. The molecule has 224 valence electrons. The molecule has 3 N–H and O–H groups in total. The molecule has 0 radical (unpaired) electrons. The van der Waals surface area contributed by atoms with Crippen LogP contribution in [0.25, 0.3) is 0 Å². The van der Waals surface area contributed by atoms with Crippen LogP contribution in [0.4, 0.5) is 45.1 Å². The van der Waals surface area contributed by atoms with Gasteiger partial charge in [0.25, 0.3) is 0 Å². The molecule has 0 aromatic heterocycles. The van der Waals surface area contributed by atoms with E-state index in [1.54, 1.807) is 12.1 Å². The fourth-order valence-corrected chi connectivity index (χ4v) is 6.02. The number of fused-ring (bicyclic) bond motifs is 2. The number of para-hydroxylation sites is 2. The molecule has 0 atom stereocenters. The van der Waals surface area contributed by atoms with Gasteiger partial charge in [0, 0.05) is 30.3 Å². The average Bonchev–Trinajstić information content (AvgIpc) is 3.19. The van der Waals surface area contributed by atoms with E-state index in [4.69, 9.17) is 0 Å². The van der Waals surface area contributed by atoms with Crippen LogP contribution < -0.4 is 20.3 Å². The molecule has 42 heavy (non-hydrogen) atoms. The summed E-state index contributed by atoms with van der Waals surface area (Å²) in [5.41, 5.74) is 2.39. The standard InChI is InChI=1S/C31H34F4N4O3/c1-29(2,3)18-38-14-12-30(13-15-38)19-39(27-23(30)16-20(32)17-26(27)40)25-7-5-4-6-24(25)37-28(41)36-21-8-10-22(11-9-21)42-31(33,34)35/h4-11,16-17,40H,12-15,18-19H2,1-3H3,(H2,36,37,41). The van der Waals surface area contributed by atoms with Crippen LogP contribution in [-0.4, -0.2) is 48.6 Å². The Kier molecular flexibility index (Phi) is 7.74. The van der Waals surface area contributed by atoms with Gasteiger partial charge in [0.05, 0.1) is 17.1 Å². The number of urea groups is 1. The molecule has 0 aliphatic carbocycles. The molecule has 3 aromatic carbocycles. The summed E-state index contributed by atoms with van der Waals surface area (Å²) in [5.74, 6) is -1.07. The number of hydrogen-bond donors (Lipinski definition) is 3. The van der Waals surface area contributed by atoms with Gasteiger partial charge < -0.3 is 30.3 Å². The zero-order valence-corrected chi connectivity index (χ0v) is 23.7.